The number of esters is 1. The normalized spacial score (nSPS) is 10.4. The van der Waals surface area contributed by atoms with E-state index in [4.69, 9.17) is 4.74 Å². The molecule has 0 saturated carbocycles. The Hall–Kier alpha value is -1.05. The Bertz CT molecular complexity index is 183. The van der Waals surface area contributed by atoms with Gasteiger partial charge >= 0.3 is 5.97 Å². The predicted octanol–water partition coefficient (Wildman–Crippen LogP) is 3.24. The van der Waals surface area contributed by atoms with Crippen LogP contribution in [-0.2, 0) is 9.53 Å². The zero-order valence-corrected chi connectivity index (χ0v) is 9.00. The molecular weight excluding hydrogens is 176 g/mol. The average Bonchev–Trinajstić information content (AvgIpc) is 2.21. The van der Waals surface area contributed by atoms with Gasteiger partial charge in [-0.2, -0.15) is 0 Å². The van der Waals surface area contributed by atoms with Crippen molar-refractivity contribution >= 4 is 5.97 Å². The van der Waals surface area contributed by atoms with E-state index in [1.165, 1.54) is 25.3 Å². The molecule has 80 valence electrons. The summed E-state index contributed by atoms with van der Waals surface area (Å²) in [5.74, 6) is -0.343. The minimum atomic E-state index is -0.343. The standard InChI is InChI=1S/C12H20O2/c1-3-5-6-7-8-9-10-11-14-12(13)4-2/h4,8-9H,2-3,5-7,10-11H2,1H3. The number of ether oxygens (including phenoxy) is 1. The van der Waals surface area contributed by atoms with Gasteiger partial charge in [0, 0.05) is 6.08 Å². The second-order valence-electron chi connectivity index (χ2n) is 3.13. The number of allylic oxidation sites excluding steroid dienone is 1. The Labute approximate surface area is 86.6 Å². The first-order chi connectivity index (χ1) is 6.81. The largest absolute Gasteiger partial charge is 0.462 e. The van der Waals surface area contributed by atoms with E-state index in [2.05, 4.69) is 25.7 Å². The summed E-state index contributed by atoms with van der Waals surface area (Å²) in [6.07, 6.45) is 11.1. The molecule has 2 nitrogen and oxygen atoms in total. The van der Waals surface area contributed by atoms with Crippen LogP contribution in [0, 0.1) is 0 Å². The quantitative estimate of drug-likeness (QED) is 0.258. The Morgan fingerprint density at radius 1 is 1.29 bits per heavy atom. The van der Waals surface area contributed by atoms with Crippen LogP contribution in [0.5, 0.6) is 0 Å². The van der Waals surface area contributed by atoms with Gasteiger partial charge in [-0.25, -0.2) is 4.79 Å². The fourth-order valence-electron chi connectivity index (χ4n) is 1.03. The minimum absolute atomic E-state index is 0.343. The van der Waals surface area contributed by atoms with Crippen molar-refractivity contribution in [2.75, 3.05) is 6.61 Å². The third kappa shape index (κ3) is 9.04. The molecule has 0 rings (SSSR count). The highest BCUT2D eigenvalue weighted by Gasteiger charge is 1.91. The fraction of sp³-hybridized carbons (Fsp3) is 0.583. The lowest BCUT2D eigenvalue weighted by Gasteiger charge is -1.97. The maximum absolute atomic E-state index is 10.6. The van der Waals surface area contributed by atoms with Crippen LogP contribution in [0.15, 0.2) is 24.8 Å². The second-order valence-corrected chi connectivity index (χ2v) is 3.13. The Morgan fingerprint density at radius 2 is 2.00 bits per heavy atom. The van der Waals surface area contributed by atoms with Crippen molar-refractivity contribution in [3.63, 3.8) is 0 Å². The van der Waals surface area contributed by atoms with Gasteiger partial charge in [0.25, 0.3) is 0 Å². The van der Waals surface area contributed by atoms with E-state index in [0.717, 1.165) is 12.8 Å². The Balaban J connectivity index is 3.18. The van der Waals surface area contributed by atoms with Gasteiger partial charge in [-0.3, -0.25) is 0 Å². The number of carbonyl (C=O) groups is 1. The zero-order valence-electron chi connectivity index (χ0n) is 9.00. The molecule has 0 aliphatic rings. The Kier molecular flexibility index (Phi) is 9.28. The van der Waals surface area contributed by atoms with Gasteiger partial charge in [-0.15, -0.1) is 0 Å². The maximum atomic E-state index is 10.6. The van der Waals surface area contributed by atoms with E-state index < -0.39 is 0 Å². The van der Waals surface area contributed by atoms with Crippen molar-refractivity contribution in [2.45, 2.75) is 39.0 Å². The van der Waals surface area contributed by atoms with Crippen molar-refractivity contribution in [1.82, 2.24) is 0 Å². The van der Waals surface area contributed by atoms with Crippen molar-refractivity contribution in [1.29, 1.82) is 0 Å². The first kappa shape index (κ1) is 12.9. The van der Waals surface area contributed by atoms with Crippen LogP contribution in [-0.4, -0.2) is 12.6 Å². The average molecular weight is 196 g/mol. The van der Waals surface area contributed by atoms with Gasteiger partial charge in [0.1, 0.15) is 0 Å². The molecule has 0 aromatic heterocycles. The smallest absolute Gasteiger partial charge is 0.330 e. The van der Waals surface area contributed by atoms with Gasteiger partial charge in [-0.05, 0) is 19.3 Å². The molecule has 0 heterocycles. The topological polar surface area (TPSA) is 26.3 Å². The summed E-state index contributed by atoms with van der Waals surface area (Å²) in [4.78, 5) is 10.6. The molecule has 14 heavy (non-hydrogen) atoms. The highest BCUT2D eigenvalue weighted by Crippen LogP contribution is 2.00. The molecule has 0 saturated heterocycles. The number of carbonyl (C=O) groups excluding carboxylic acids is 1. The third-order valence-electron chi connectivity index (χ3n) is 1.84. The maximum Gasteiger partial charge on any atom is 0.330 e. The summed E-state index contributed by atoms with van der Waals surface area (Å²) in [5.41, 5.74) is 0. The van der Waals surface area contributed by atoms with Gasteiger partial charge in [0.05, 0.1) is 6.61 Å². The summed E-state index contributed by atoms with van der Waals surface area (Å²) >= 11 is 0. The molecule has 0 N–H and O–H groups in total. The highest BCUT2D eigenvalue weighted by molar-refractivity contribution is 5.81. The monoisotopic (exact) mass is 196 g/mol. The van der Waals surface area contributed by atoms with Crippen molar-refractivity contribution in [3.8, 4) is 0 Å². The molecule has 0 unspecified atom stereocenters. The molecule has 0 bridgehead atoms. The molecule has 0 atom stereocenters. The molecule has 0 aromatic rings. The van der Waals surface area contributed by atoms with E-state index in [-0.39, 0.29) is 5.97 Å². The van der Waals surface area contributed by atoms with Crippen LogP contribution >= 0.6 is 0 Å². The minimum Gasteiger partial charge on any atom is -0.462 e. The highest BCUT2D eigenvalue weighted by atomic mass is 16.5. The molecule has 0 fully saturated rings. The SMILES string of the molecule is C=CC(=O)OCCC=CCCCCC. The second kappa shape index (κ2) is 10.0. The van der Waals surface area contributed by atoms with E-state index in [0.29, 0.717) is 6.61 Å². The number of rotatable bonds is 8. The lowest BCUT2D eigenvalue weighted by Crippen LogP contribution is -2.00. The van der Waals surface area contributed by atoms with Gasteiger partial charge in [0.15, 0.2) is 0 Å². The van der Waals surface area contributed by atoms with Crippen LogP contribution in [0.3, 0.4) is 0 Å². The van der Waals surface area contributed by atoms with E-state index in [9.17, 15) is 4.79 Å². The Morgan fingerprint density at radius 3 is 2.64 bits per heavy atom. The van der Waals surface area contributed by atoms with Crippen molar-refractivity contribution < 1.29 is 9.53 Å². The first-order valence-electron chi connectivity index (χ1n) is 5.25. The van der Waals surface area contributed by atoms with Crippen LogP contribution in [0.4, 0.5) is 0 Å². The molecule has 0 amide bonds. The van der Waals surface area contributed by atoms with Gasteiger partial charge < -0.3 is 4.74 Å². The van der Waals surface area contributed by atoms with Crippen LogP contribution in [0.1, 0.15) is 39.0 Å². The van der Waals surface area contributed by atoms with E-state index in [1.807, 2.05) is 0 Å². The van der Waals surface area contributed by atoms with Crippen LogP contribution in [0.25, 0.3) is 0 Å². The molecule has 0 aliphatic carbocycles. The molecule has 0 radical (unpaired) electrons. The first-order valence-corrected chi connectivity index (χ1v) is 5.25. The molecule has 0 spiro atoms. The summed E-state index contributed by atoms with van der Waals surface area (Å²) < 4.78 is 4.81. The van der Waals surface area contributed by atoms with E-state index in [1.54, 1.807) is 0 Å². The van der Waals surface area contributed by atoms with Gasteiger partial charge in [-0.1, -0.05) is 38.5 Å². The van der Waals surface area contributed by atoms with Crippen molar-refractivity contribution in [3.05, 3.63) is 24.8 Å². The summed E-state index contributed by atoms with van der Waals surface area (Å²) in [5, 5.41) is 0. The number of unbranched alkanes of at least 4 members (excludes halogenated alkanes) is 3. The zero-order chi connectivity index (χ0) is 10.6. The summed E-state index contributed by atoms with van der Waals surface area (Å²) in [6.45, 7) is 5.96. The molecule has 2 heteroatoms. The third-order valence-corrected chi connectivity index (χ3v) is 1.84. The summed E-state index contributed by atoms with van der Waals surface area (Å²) in [7, 11) is 0. The number of hydrogen-bond donors (Lipinski definition) is 0. The lowest BCUT2D eigenvalue weighted by atomic mass is 10.2. The van der Waals surface area contributed by atoms with Crippen LogP contribution in [0.2, 0.25) is 0 Å². The predicted molar refractivity (Wildman–Crippen MR) is 59.1 cm³/mol. The molecule has 0 aliphatic heterocycles. The van der Waals surface area contributed by atoms with E-state index >= 15 is 0 Å². The van der Waals surface area contributed by atoms with Crippen molar-refractivity contribution in [2.24, 2.45) is 0 Å². The molecule has 0 aromatic carbocycles. The summed E-state index contributed by atoms with van der Waals surface area (Å²) in [6, 6.07) is 0. The lowest BCUT2D eigenvalue weighted by molar-refractivity contribution is -0.137. The van der Waals surface area contributed by atoms with Crippen LogP contribution < -0.4 is 0 Å². The van der Waals surface area contributed by atoms with Gasteiger partial charge in [0.2, 0.25) is 0 Å². The number of hydrogen-bond acceptors (Lipinski definition) is 2. The molecular formula is C12H20O2. The fourth-order valence-corrected chi connectivity index (χ4v) is 1.03.